The Morgan fingerprint density at radius 3 is 0.966 bits per heavy atom. The summed E-state index contributed by atoms with van der Waals surface area (Å²) in [7, 11) is 0. The number of hydrogen-bond acceptors (Lipinski definition) is 0. The molecule has 0 amide bonds. The van der Waals surface area contributed by atoms with Crippen LogP contribution in [0.15, 0.2) is 340 Å². The van der Waals surface area contributed by atoms with Gasteiger partial charge in [0.2, 0.25) is 0 Å². The standard InChI is InChI=1S/C85H56N2/c1-3-18-57(19-4-1)61-42-48-69(49-43-61)86-81-32-15-10-27-74(81)76-55-66(46-52-83(76)86)67-47-53-84-77(56-67)75-28-11-16-33-82(75)87(84)70-50-44-62(45-51-70)60-36-34-58(35-37-60)59-38-40-63(41-39-59)65-22-17-23-68(54-65)85(78-29-12-7-24-71(78)64-20-5-2-6-21-64)79-30-13-8-25-72(79)73-26-9-14-31-80(73)85/h1-56H. The third kappa shape index (κ3) is 8.17. The Hall–Kier alpha value is -11.3. The smallest absolute Gasteiger partial charge is 0.0719 e. The van der Waals surface area contributed by atoms with Gasteiger partial charge < -0.3 is 9.13 Å². The van der Waals surface area contributed by atoms with E-state index >= 15 is 0 Å². The van der Waals surface area contributed by atoms with Crippen molar-refractivity contribution >= 4 is 43.6 Å². The Balaban J connectivity index is 0.652. The third-order valence-electron chi connectivity index (χ3n) is 18.5. The highest BCUT2D eigenvalue weighted by atomic mass is 15.0. The van der Waals surface area contributed by atoms with E-state index in [0.717, 1.165) is 11.4 Å². The molecule has 17 rings (SSSR count). The van der Waals surface area contributed by atoms with Gasteiger partial charge in [0.15, 0.2) is 0 Å². The zero-order valence-corrected chi connectivity index (χ0v) is 47.7. The molecule has 406 valence electrons. The molecule has 0 N–H and O–H groups in total. The van der Waals surface area contributed by atoms with Crippen LogP contribution < -0.4 is 0 Å². The minimum absolute atomic E-state index is 0.532. The highest BCUT2D eigenvalue weighted by Crippen LogP contribution is 2.58. The summed E-state index contributed by atoms with van der Waals surface area (Å²) in [6, 6.07) is 125. The first-order chi connectivity index (χ1) is 43.1. The topological polar surface area (TPSA) is 9.86 Å². The summed E-state index contributed by atoms with van der Waals surface area (Å²) < 4.78 is 4.81. The van der Waals surface area contributed by atoms with E-state index in [1.165, 1.54) is 144 Å². The zero-order valence-electron chi connectivity index (χ0n) is 47.7. The second-order valence-electron chi connectivity index (χ2n) is 23.1. The van der Waals surface area contributed by atoms with Crippen LogP contribution in [0.4, 0.5) is 0 Å². The minimum Gasteiger partial charge on any atom is -0.309 e. The van der Waals surface area contributed by atoms with Gasteiger partial charge in [0.05, 0.1) is 27.5 Å². The summed E-state index contributed by atoms with van der Waals surface area (Å²) in [5.74, 6) is 0. The Morgan fingerprint density at radius 2 is 0.494 bits per heavy atom. The minimum atomic E-state index is -0.532. The molecule has 87 heavy (non-hydrogen) atoms. The van der Waals surface area contributed by atoms with Gasteiger partial charge in [-0.05, 0) is 167 Å². The van der Waals surface area contributed by atoms with Crippen molar-refractivity contribution in [2.45, 2.75) is 5.41 Å². The van der Waals surface area contributed by atoms with Crippen molar-refractivity contribution in [1.82, 2.24) is 9.13 Å². The predicted octanol–water partition coefficient (Wildman–Crippen LogP) is 22.2. The fraction of sp³-hybridized carbons (Fsp3) is 0.0118. The van der Waals surface area contributed by atoms with Crippen LogP contribution in [0.2, 0.25) is 0 Å². The summed E-state index contributed by atoms with van der Waals surface area (Å²) in [5.41, 5.74) is 28.7. The first-order valence-corrected chi connectivity index (χ1v) is 30.1. The first-order valence-electron chi connectivity index (χ1n) is 30.1. The molecule has 0 radical (unpaired) electrons. The summed E-state index contributed by atoms with van der Waals surface area (Å²) in [5, 5.41) is 4.97. The first kappa shape index (κ1) is 50.2. The van der Waals surface area contributed by atoms with Crippen molar-refractivity contribution in [2.75, 3.05) is 0 Å². The Labute approximate surface area is 506 Å². The van der Waals surface area contributed by atoms with E-state index in [4.69, 9.17) is 0 Å². The van der Waals surface area contributed by atoms with E-state index in [2.05, 4.69) is 349 Å². The molecule has 0 aliphatic heterocycles. The number of aromatic nitrogens is 2. The number of rotatable bonds is 10. The van der Waals surface area contributed by atoms with Crippen LogP contribution in [-0.2, 0) is 5.41 Å². The molecule has 0 fully saturated rings. The number of nitrogens with zero attached hydrogens (tertiary/aromatic N) is 2. The summed E-state index contributed by atoms with van der Waals surface area (Å²) in [4.78, 5) is 0. The van der Waals surface area contributed by atoms with Gasteiger partial charge in [-0.15, -0.1) is 0 Å². The fourth-order valence-electron chi connectivity index (χ4n) is 14.4. The maximum Gasteiger partial charge on any atom is 0.0719 e. The van der Waals surface area contributed by atoms with Crippen LogP contribution in [0.5, 0.6) is 0 Å². The molecule has 0 atom stereocenters. The molecule has 0 saturated carbocycles. The molecule has 0 unspecified atom stereocenters. The average molecular weight is 1110 g/mol. The van der Waals surface area contributed by atoms with Crippen molar-refractivity contribution in [3.05, 3.63) is 362 Å². The molecule has 1 aliphatic carbocycles. The van der Waals surface area contributed by atoms with Crippen LogP contribution in [0.25, 0.3) is 133 Å². The largest absolute Gasteiger partial charge is 0.309 e. The van der Waals surface area contributed by atoms with Gasteiger partial charge in [-0.25, -0.2) is 0 Å². The van der Waals surface area contributed by atoms with Gasteiger partial charge in [-0.3, -0.25) is 0 Å². The van der Waals surface area contributed by atoms with Crippen LogP contribution in [0.3, 0.4) is 0 Å². The Morgan fingerprint density at radius 1 is 0.184 bits per heavy atom. The van der Waals surface area contributed by atoms with Crippen molar-refractivity contribution in [1.29, 1.82) is 0 Å². The average Bonchev–Trinajstić information content (AvgIpc) is 1.63. The molecule has 2 heteroatoms. The molecule has 16 aromatic rings. The number of fused-ring (bicyclic) bond motifs is 9. The monoisotopic (exact) mass is 1100 g/mol. The second-order valence-corrected chi connectivity index (χ2v) is 23.1. The van der Waals surface area contributed by atoms with Crippen LogP contribution >= 0.6 is 0 Å². The summed E-state index contributed by atoms with van der Waals surface area (Å²) in [6.07, 6.45) is 0. The Kier molecular flexibility index (Phi) is 11.8. The molecule has 1 aliphatic rings. The highest BCUT2D eigenvalue weighted by Gasteiger charge is 2.47. The van der Waals surface area contributed by atoms with Gasteiger partial charge >= 0.3 is 0 Å². The van der Waals surface area contributed by atoms with E-state index < -0.39 is 5.41 Å². The highest BCUT2D eigenvalue weighted by molar-refractivity contribution is 6.13. The molecular formula is C85H56N2. The predicted molar refractivity (Wildman–Crippen MR) is 365 cm³/mol. The number of para-hydroxylation sites is 2. The Bertz CT molecular complexity index is 5230. The van der Waals surface area contributed by atoms with Gasteiger partial charge in [-0.1, -0.05) is 273 Å². The van der Waals surface area contributed by atoms with Crippen LogP contribution in [0.1, 0.15) is 22.3 Å². The van der Waals surface area contributed by atoms with E-state index in [-0.39, 0.29) is 0 Å². The molecule has 14 aromatic carbocycles. The van der Waals surface area contributed by atoms with Crippen molar-refractivity contribution in [3.63, 3.8) is 0 Å². The lowest BCUT2D eigenvalue weighted by molar-refractivity contribution is 0.771. The molecule has 0 saturated heterocycles. The lowest BCUT2D eigenvalue weighted by atomic mass is 9.65. The van der Waals surface area contributed by atoms with Crippen LogP contribution in [0, 0.1) is 0 Å². The van der Waals surface area contributed by atoms with E-state index in [0.29, 0.717) is 0 Å². The lowest BCUT2D eigenvalue weighted by Crippen LogP contribution is -2.29. The molecular weight excluding hydrogens is 1050 g/mol. The normalized spacial score (nSPS) is 12.5. The van der Waals surface area contributed by atoms with Gasteiger partial charge in [0, 0.05) is 32.9 Å². The lowest BCUT2D eigenvalue weighted by Gasteiger charge is -2.36. The fourth-order valence-corrected chi connectivity index (χ4v) is 14.4. The quantitative estimate of drug-likeness (QED) is 0.129. The maximum absolute atomic E-state index is 2.43. The molecule has 0 bridgehead atoms. The number of benzene rings is 14. The van der Waals surface area contributed by atoms with E-state index in [1.54, 1.807) is 0 Å². The zero-order chi connectivity index (χ0) is 57.4. The van der Waals surface area contributed by atoms with Crippen LogP contribution in [-0.4, -0.2) is 9.13 Å². The molecule has 2 aromatic heterocycles. The van der Waals surface area contributed by atoms with E-state index in [1.807, 2.05) is 0 Å². The summed E-state index contributed by atoms with van der Waals surface area (Å²) in [6.45, 7) is 0. The van der Waals surface area contributed by atoms with Crippen molar-refractivity contribution < 1.29 is 0 Å². The van der Waals surface area contributed by atoms with Gasteiger partial charge in [0.1, 0.15) is 0 Å². The van der Waals surface area contributed by atoms with Gasteiger partial charge in [-0.2, -0.15) is 0 Å². The summed E-state index contributed by atoms with van der Waals surface area (Å²) >= 11 is 0. The van der Waals surface area contributed by atoms with E-state index in [9.17, 15) is 0 Å². The SMILES string of the molecule is c1ccc(-c2ccc(-n3c4ccccc4c4cc(-c5ccc6c(c5)c5ccccc5n6-c5ccc(-c6ccc(-c7ccc(-c8cccc(C9(c%10ccccc%10-c%10ccccc%10)c%10ccccc%10-c%10ccccc%109)c8)cc7)cc6)cc5)ccc43)cc2)cc1. The van der Waals surface area contributed by atoms with Crippen molar-refractivity contribution in [2.24, 2.45) is 0 Å². The second kappa shape index (κ2) is 20.5. The molecule has 0 spiro atoms. The number of hydrogen-bond donors (Lipinski definition) is 0. The molecule has 2 heterocycles. The van der Waals surface area contributed by atoms with Gasteiger partial charge in [0.25, 0.3) is 0 Å². The molecule has 2 nitrogen and oxygen atoms in total. The maximum atomic E-state index is 2.43. The third-order valence-corrected chi connectivity index (χ3v) is 18.5. The van der Waals surface area contributed by atoms with Crippen molar-refractivity contribution in [3.8, 4) is 89.3 Å².